The zero-order valence-corrected chi connectivity index (χ0v) is 14.6. The number of rotatable bonds is 4. The maximum absolute atomic E-state index is 12.8. The second kappa shape index (κ2) is 6.33. The monoisotopic (exact) mass is 355 g/mol. The molecule has 4 rings (SSSR count). The van der Waals surface area contributed by atoms with Crippen LogP contribution in [-0.4, -0.2) is 22.6 Å². The van der Waals surface area contributed by atoms with Crippen molar-refractivity contribution in [2.75, 3.05) is 12.4 Å². The molecular weight excluding hydrogens is 338 g/mol. The van der Waals surface area contributed by atoms with Gasteiger partial charge in [-0.3, -0.25) is 14.2 Å². The van der Waals surface area contributed by atoms with Crippen molar-refractivity contribution in [2.24, 2.45) is 0 Å². The number of fused-ring (bicyclic) bond motifs is 3. The number of nitrogens with zero attached hydrogens (tertiary/aromatic N) is 2. The Morgan fingerprint density at radius 1 is 1.32 bits per heavy atom. The fourth-order valence-electron chi connectivity index (χ4n) is 3.16. The fourth-order valence-corrected chi connectivity index (χ4v) is 4.38. The SMILES string of the molecule is COc1ccc(NC(=O)Cn2cnc3sc4c(c3c2=O)CCC4)cc1. The maximum Gasteiger partial charge on any atom is 0.262 e. The van der Waals surface area contributed by atoms with E-state index >= 15 is 0 Å². The number of hydrogen-bond acceptors (Lipinski definition) is 5. The Hall–Kier alpha value is -2.67. The Morgan fingerprint density at radius 2 is 2.12 bits per heavy atom. The molecule has 2 heterocycles. The van der Waals surface area contributed by atoms with Crippen molar-refractivity contribution in [1.82, 2.24) is 9.55 Å². The number of carbonyl (C=O) groups is 1. The fraction of sp³-hybridized carbons (Fsp3) is 0.278. The van der Waals surface area contributed by atoms with Crippen molar-refractivity contribution in [2.45, 2.75) is 25.8 Å². The molecule has 3 aromatic rings. The van der Waals surface area contributed by atoms with E-state index in [-0.39, 0.29) is 18.0 Å². The predicted octanol–water partition coefficient (Wildman–Crippen LogP) is 2.59. The molecule has 0 bridgehead atoms. The molecule has 1 aromatic carbocycles. The molecule has 6 nitrogen and oxygen atoms in total. The van der Waals surface area contributed by atoms with Crippen molar-refractivity contribution in [3.8, 4) is 5.75 Å². The topological polar surface area (TPSA) is 73.2 Å². The van der Waals surface area contributed by atoms with Crippen molar-refractivity contribution in [3.63, 3.8) is 0 Å². The van der Waals surface area contributed by atoms with Gasteiger partial charge in [0.2, 0.25) is 5.91 Å². The van der Waals surface area contributed by atoms with Crippen molar-refractivity contribution in [1.29, 1.82) is 0 Å². The van der Waals surface area contributed by atoms with Gasteiger partial charge in [0.1, 0.15) is 17.1 Å². The van der Waals surface area contributed by atoms with Crippen LogP contribution in [0.3, 0.4) is 0 Å². The number of benzene rings is 1. The number of anilines is 1. The van der Waals surface area contributed by atoms with Crippen LogP contribution in [0.4, 0.5) is 5.69 Å². The first-order valence-corrected chi connectivity index (χ1v) is 8.91. The van der Waals surface area contributed by atoms with Gasteiger partial charge in [0.05, 0.1) is 18.8 Å². The average molecular weight is 355 g/mol. The number of carbonyl (C=O) groups excluding carboxylic acids is 1. The van der Waals surface area contributed by atoms with Gasteiger partial charge in [-0.05, 0) is 49.1 Å². The van der Waals surface area contributed by atoms with E-state index in [1.165, 1.54) is 15.8 Å². The lowest BCUT2D eigenvalue weighted by atomic mass is 10.2. The van der Waals surface area contributed by atoms with Crippen LogP contribution in [0, 0.1) is 0 Å². The first kappa shape index (κ1) is 15.8. The normalized spacial score (nSPS) is 13.0. The van der Waals surface area contributed by atoms with Crippen LogP contribution in [-0.2, 0) is 24.2 Å². The molecule has 0 spiro atoms. The van der Waals surface area contributed by atoms with E-state index in [0.29, 0.717) is 11.1 Å². The quantitative estimate of drug-likeness (QED) is 0.781. The molecule has 1 N–H and O–H groups in total. The summed E-state index contributed by atoms with van der Waals surface area (Å²) in [5.41, 5.74) is 1.65. The third-order valence-electron chi connectivity index (χ3n) is 4.38. The molecule has 0 atom stereocenters. The number of ether oxygens (including phenoxy) is 1. The number of nitrogens with one attached hydrogen (secondary N) is 1. The minimum atomic E-state index is -0.264. The summed E-state index contributed by atoms with van der Waals surface area (Å²) in [4.78, 5) is 31.4. The second-order valence-electron chi connectivity index (χ2n) is 5.99. The zero-order valence-electron chi connectivity index (χ0n) is 13.7. The molecule has 0 saturated carbocycles. The van der Waals surface area contributed by atoms with Gasteiger partial charge in [-0.15, -0.1) is 11.3 Å². The molecule has 1 aliphatic carbocycles. The van der Waals surface area contributed by atoms with Crippen LogP contribution in [0.25, 0.3) is 10.2 Å². The van der Waals surface area contributed by atoms with Crippen molar-refractivity contribution >= 4 is 33.1 Å². The van der Waals surface area contributed by atoms with Crippen LogP contribution in [0.1, 0.15) is 16.9 Å². The molecule has 1 aliphatic rings. The smallest absolute Gasteiger partial charge is 0.262 e. The third-order valence-corrected chi connectivity index (χ3v) is 5.58. The van der Waals surface area contributed by atoms with Gasteiger partial charge in [-0.25, -0.2) is 4.98 Å². The van der Waals surface area contributed by atoms with Gasteiger partial charge in [0.25, 0.3) is 5.56 Å². The first-order chi connectivity index (χ1) is 12.2. The predicted molar refractivity (Wildman–Crippen MR) is 97.5 cm³/mol. The van der Waals surface area contributed by atoms with Gasteiger partial charge >= 0.3 is 0 Å². The summed E-state index contributed by atoms with van der Waals surface area (Å²) >= 11 is 1.60. The van der Waals surface area contributed by atoms with Gasteiger partial charge in [-0.1, -0.05) is 0 Å². The summed E-state index contributed by atoms with van der Waals surface area (Å²) in [6, 6.07) is 7.05. The minimum Gasteiger partial charge on any atom is -0.497 e. The summed E-state index contributed by atoms with van der Waals surface area (Å²) in [7, 11) is 1.59. The Labute approximate surface area is 148 Å². The molecule has 0 unspecified atom stereocenters. The van der Waals surface area contributed by atoms with E-state index in [0.717, 1.165) is 35.4 Å². The standard InChI is InChI=1S/C18H17N3O3S/c1-24-12-7-5-11(6-8-12)20-15(22)9-21-10-19-17-16(18(21)23)13-3-2-4-14(13)25-17/h5-8,10H,2-4,9H2,1H3,(H,20,22). The molecule has 0 aliphatic heterocycles. The Kier molecular flexibility index (Phi) is 4.01. The molecular formula is C18H17N3O3S. The summed E-state index contributed by atoms with van der Waals surface area (Å²) in [5.74, 6) is 0.454. The molecule has 128 valence electrons. The number of hydrogen-bond donors (Lipinski definition) is 1. The van der Waals surface area contributed by atoms with Crippen LogP contribution in [0.2, 0.25) is 0 Å². The molecule has 25 heavy (non-hydrogen) atoms. The van der Waals surface area contributed by atoms with E-state index in [4.69, 9.17) is 4.74 Å². The zero-order chi connectivity index (χ0) is 17.4. The van der Waals surface area contributed by atoms with Gasteiger partial charge < -0.3 is 10.1 Å². The summed E-state index contributed by atoms with van der Waals surface area (Å²) in [5, 5.41) is 3.48. The lowest BCUT2D eigenvalue weighted by Gasteiger charge is -2.08. The molecule has 1 amide bonds. The number of aromatic nitrogens is 2. The average Bonchev–Trinajstić information content (AvgIpc) is 3.19. The van der Waals surface area contributed by atoms with E-state index in [2.05, 4.69) is 10.3 Å². The number of thiophene rings is 1. The van der Waals surface area contributed by atoms with Crippen molar-refractivity contribution < 1.29 is 9.53 Å². The third kappa shape index (κ3) is 2.91. The highest BCUT2D eigenvalue weighted by Gasteiger charge is 2.21. The van der Waals surface area contributed by atoms with Crippen LogP contribution >= 0.6 is 11.3 Å². The first-order valence-electron chi connectivity index (χ1n) is 8.09. The second-order valence-corrected chi connectivity index (χ2v) is 7.08. The van der Waals surface area contributed by atoms with Gasteiger partial charge in [-0.2, -0.15) is 0 Å². The highest BCUT2D eigenvalue weighted by Crippen LogP contribution is 2.34. The van der Waals surface area contributed by atoms with Crippen LogP contribution < -0.4 is 15.6 Å². The molecule has 0 saturated heterocycles. The number of amides is 1. The van der Waals surface area contributed by atoms with Crippen LogP contribution in [0.15, 0.2) is 35.4 Å². The Bertz CT molecular complexity index is 1000. The highest BCUT2D eigenvalue weighted by molar-refractivity contribution is 7.18. The van der Waals surface area contributed by atoms with Gasteiger partial charge in [0.15, 0.2) is 0 Å². The van der Waals surface area contributed by atoms with E-state index in [1.54, 1.807) is 42.7 Å². The summed E-state index contributed by atoms with van der Waals surface area (Å²) in [6.45, 7) is -0.0571. The van der Waals surface area contributed by atoms with Crippen molar-refractivity contribution in [3.05, 3.63) is 51.4 Å². The van der Waals surface area contributed by atoms with E-state index < -0.39 is 0 Å². The molecule has 7 heteroatoms. The number of aryl methyl sites for hydroxylation is 2. The minimum absolute atomic E-state index is 0.0571. The Balaban J connectivity index is 1.56. The highest BCUT2D eigenvalue weighted by atomic mass is 32.1. The lowest BCUT2D eigenvalue weighted by Crippen LogP contribution is -2.28. The molecule has 0 radical (unpaired) electrons. The Morgan fingerprint density at radius 3 is 2.88 bits per heavy atom. The maximum atomic E-state index is 12.8. The summed E-state index contributed by atoms with van der Waals surface area (Å²) in [6.07, 6.45) is 4.50. The van der Waals surface area contributed by atoms with E-state index in [9.17, 15) is 9.59 Å². The van der Waals surface area contributed by atoms with Crippen LogP contribution in [0.5, 0.6) is 5.75 Å². The molecule has 0 fully saturated rings. The lowest BCUT2D eigenvalue weighted by molar-refractivity contribution is -0.116. The summed E-state index contributed by atoms with van der Waals surface area (Å²) < 4.78 is 6.47. The van der Waals surface area contributed by atoms with E-state index in [1.807, 2.05) is 0 Å². The largest absolute Gasteiger partial charge is 0.497 e. The number of methoxy groups -OCH3 is 1. The van der Waals surface area contributed by atoms with Gasteiger partial charge in [0, 0.05) is 10.6 Å². The molecule has 2 aromatic heterocycles.